The summed E-state index contributed by atoms with van der Waals surface area (Å²) in [5, 5.41) is 4.09. The molecule has 0 aliphatic carbocycles. The summed E-state index contributed by atoms with van der Waals surface area (Å²) in [5.74, 6) is 0.661. The number of piperidine rings is 1. The average molecular weight is 366 g/mol. The molecule has 0 radical (unpaired) electrons. The molecule has 1 aliphatic heterocycles. The second-order valence-corrected chi connectivity index (χ2v) is 6.66. The summed E-state index contributed by atoms with van der Waals surface area (Å²) in [6.07, 6.45) is 3.63. The fourth-order valence-corrected chi connectivity index (χ4v) is 3.34. The molecule has 0 saturated carbocycles. The third-order valence-electron chi connectivity index (χ3n) is 4.71. The lowest BCUT2D eigenvalue weighted by atomic mass is 9.96. The van der Waals surface area contributed by atoms with Gasteiger partial charge < -0.3 is 9.42 Å². The molecule has 0 bridgehead atoms. The molecule has 0 N–H and O–H groups in total. The van der Waals surface area contributed by atoms with E-state index in [1.54, 1.807) is 23.2 Å². The van der Waals surface area contributed by atoms with Crippen LogP contribution in [0.15, 0.2) is 53.2 Å². The van der Waals surface area contributed by atoms with E-state index in [1.807, 2.05) is 18.2 Å². The van der Waals surface area contributed by atoms with Crippen molar-refractivity contribution in [1.82, 2.24) is 20.0 Å². The minimum atomic E-state index is -0.328. The number of benzene rings is 1. The molecule has 138 valence electrons. The fourth-order valence-electron chi connectivity index (χ4n) is 3.34. The van der Waals surface area contributed by atoms with Gasteiger partial charge in [0.15, 0.2) is 5.82 Å². The van der Waals surface area contributed by atoms with Gasteiger partial charge in [0.25, 0.3) is 5.89 Å². The Morgan fingerprint density at radius 3 is 3.00 bits per heavy atom. The highest BCUT2D eigenvalue weighted by Gasteiger charge is 2.28. The van der Waals surface area contributed by atoms with Crippen molar-refractivity contribution in [3.8, 4) is 11.6 Å². The predicted octanol–water partition coefficient (Wildman–Crippen LogP) is 3.22. The molecule has 0 unspecified atom stereocenters. The summed E-state index contributed by atoms with van der Waals surface area (Å²) in [4.78, 5) is 23.1. The highest BCUT2D eigenvalue weighted by molar-refractivity contribution is 5.79. The van der Waals surface area contributed by atoms with Gasteiger partial charge in [0.2, 0.25) is 5.91 Å². The van der Waals surface area contributed by atoms with Gasteiger partial charge in [-0.15, -0.1) is 0 Å². The lowest BCUT2D eigenvalue weighted by molar-refractivity contribution is -0.131. The number of aromatic nitrogens is 3. The molecule has 6 nitrogen and oxygen atoms in total. The van der Waals surface area contributed by atoms with Crippen LogP contribution in [0.4, 0.5) is 4.39 Å². The Hall–Kier alpha value is -3.09. The van der Waals surface area contributed by atoms with E-state index in [0.717, 1.165) is 12.8 Å². The van der Waals surface area contributed by atoms with Crippen LogP contribution in [0, 0.1) is 5.82 Å². The molecule has 1 fully saturated rings. The molecule has 0 spiro atoms. The van der Waals surface area contributed by atoms with Gasteiger partial charge in [-0.05, 0) is 42.7 Å². The molecule has 1 aromatic carbocycles. The number of amides is 1. The van der Waals surface area contributed by atoms with Crippen LogP contribution in [0.3, 0.4) is 0 Å². The zero-order chi connectivity index (χ0) is 18.6. The van der Waals surface area contributed by atoms with Gasteiger partial charge in [0, 0.05) is 25.2 Å². The van der Waals surface area contributed by atoms with E-state index >= 15 is 0 Å². The van der Waals surface area contributed by atoms with E-state index in [4.69, 9.17) is 4.52 Å². The molecular formula is C20H19FN4O2. The van der Waals surface area contributed by atoms with E-state index in [1.165, 1.54) is 12.1 Å². The third kappa shape index (κ3) is 4.02. The summed E-state index contributed by atoms with van der Waals surface area (Å²) >= 11 is 0. The maximum absolute atomic E-state index is 13.3. The Labute approximate surface area is 156 Å². The molecule has 3 aromatic rings. The summed E-state index contributed by atoms with van der Waals surface area (Å²) < 4.78 is 18.7. The van der Waals surface area contributed by atoms with E-state index in [-0.39, 0.29) is 24.1 Å². The first-order chi connectivity index (χ1) is 13.2. The molecule has 2 aromatic heterocycles. The van der Waals surface area contributed by atoms with E-state index < -0.39 is 0 Å². The summed E-state index contributed by atoms with van der Waals surface area (Å²) in [6, 6.07) is 11.7. The minimum absolute atomic E-state index is 0.0151. The molecule has 1 atom stereocenters. The van der Waals surface area contributed by atoms with Gasteiger partial charge in [-0.1, -0.05) is 23.4 Å². The van der Waals surface area contributed by atoms with Gasteiger partial charge in [0.1, 0.15) is 11.5 Å². The predicted molar refractivity (Wildman–Crippen MR) is 96.2 cm³/mol. The second-order valence-electron chi connectivity index (χ2n) is 6.66. The average Bonchev–Trinajstić information content (AvgIpc) is 3.19. The maximum atomic E-state index is 13.3. The Morgan fingerprint density at radius 2 is 2.19 bits per heavy atom. The number of likely N-dealkylation sites (tertiary alicyclic amines) is 1. The van der Waals surface area contributed by atoms with Crippen molar-refractivity contribution in [1.29, 1.82) is 0 Å². The molecule has 7 heteroatoms. The van der Waals surface area contributed by atoms with Crippen molar-refractivity contribution in [2.45, 2.75) is 25.2 Å². The molecule has 1 aliphatic rings. The van der Waals surface area contributed by atoms with Gasteiger partial charge in [-0.25, -0.2) is 4.39 Å². The SMILES string of the molecule is O=C(Cc1cccc(F)c1)N1CCC[C@H](c2noc(-c3ccccn3)n2)C1. The second kappa shape index (κ2) is 7.65. The molecule has 1 saturated heterocycles. The standard InChI is InChI=1S/C20H19FN4O2/c21-16-7-3-5-14(11-16)12-18(26)25-10-4-6-15(13-25)19-23-20(27-24-19)17-8-1-2-9-22-17/h1-3,5,7-9,11,15H,4,6,10,12-13H2/t15-/m0/s1. The first kappa shape index (κ1) is 17.3. The van der Waals surface area contributed by atoms with Crippen molar-refractivity contribution in [2.24, 2.45) is 0 Å². The van der Waals surface area contributed by atoms with Gasteiger partial charge in [-0.3, -0.25) is 9.78 Å². The number of carbonyl (C=O) groups excluding carboxylic acids is 1. The molecule has 27 heavy (non-hydrogen) atoms. The number of nitrogens with zero attached hydrogens (tertiary/aromatic N) is 4. The Balaban J connectivity index is 1.44. The molecule has 3 heterocycles. The number of rotatable bonds is 4. The van der Waals surface area contributed by atoms with Crippen molar-refractivity contribution in [3.05, 3.63) is 65.9 Å². The van der Waals surface area contributed by atoms with Crippen LogP contribution in [0.2, 0.25) is 0 Å². The van der Waals surface area contributed by atoms with E-state index in [0.29, 0.717) is 36.1 Å². The Morgan fingerprint density at radius 1 is 1.26 bits per heavy atom. The third-order valence-corrected chi connectivity index (χ3v) is 4.71. The highest BCUT2D eigenvalue weighted by Crippen LogP contribution is 2.27. The highest BCUT2D eigenvalue weighted by atomic mass is 19.1. The van der Waals surface area contributed by atoms with E-state index in [2.05, 4.69) is 15.1 Å². The van der Waals surface area contributed by atoms with Crippen molar-refractivity contribution in [3.63, 3.8) is 0 Å². The van der Waals surface area contributed by atoms with E-state index in [9.17, 15) is 9.18 Å². The van der Waals surface area contributed by atoms with Gasteiger partial charge in [0.05, 0.1) is 6.42 Å². The number of halogens is 1. The lowest BCUT2D eigenvalue weighted by Crippen LogP contribution is -2.40. The topological polar surface area (TPSA) is 72.1 Å². The zero-order valence-corrected chi connectivity index (χ0v) is 14.7. The summed E-state index contributed by atoms with van der Waals surface area (Å²) in [5.41, 5.74) is 1.31. The minimum Gasteiger partial charge on any atom is -0.342 e. The smallest absolute Gasteiger partial charge is 0.276 e. The zero-order valence-electron chi connectivity index (χ0n) is 14.7. The van der Waals surface area contributed by atoms with Crippen LogP contribution >= 0.6 is 0 Å². The van der Waals surface area contributed by atoms with Gasteiger partial charge in [-0.2, -0.15) is 4.98 Å². The van der Waals surface area contributed by atoms with Crippen LogP contribution in [0.1, 0.15) is 30.1 Å². The Bertz CT molecular complexity index is 928. The quantitative estimate of drug-likeness (QED) is 0.709. The van der Waals surface area contributed by atoms with Crippen molar-refractivity contribution in [2.75, 3.05) is 13.1 Å². The van der Waals surface area contributed by atoms with Crippen LogP contribution in [0.25, 0.3) is 11.6 Å². The number of pyridine rings is 1. The van der Waals surface area contributed by atoms with Crippen molar-refractivity contribution >= 4 is 5.91 Å². The normalized spacial score (nSPS) is 17.1. The summed E-state index contributed by atoms with van der Waals surface area (Å²) in [6.45, 7) is 1.23. The monoisotopic (exact) mass is 366 g/mol. The van der Waals surface area contributed by atoms with Crippen molar-refractivity contribution < 1.29 is 13.7 Å². The fraction of sp³-hybridized carbons (Fsp3) is 0.300. The first-order valence-electron chi connectivity index (χ1n) is 8.96. The summed E-state index contributed by atoms with van der Waals surface area (Å²) in [7, 11) is 0. The molecule has 1 amide bonds. The lowest BCUT2D eigenvalue weighted by Gasteiger charge is -2.31. The van der Waals surface area contributed by atoms with Crippen LogP contribution < -0.4 is 0 Å². The molecular weight excluding hydrogens is 347 g/mol. The number of hydrogen-bond donors (Lipinski definition) is 0. The van der Waals surface area contributed by atoms with Gasteiger partial charge >= 0.3 is 0 Å². The first-order valence-corrected chi connectivity index (χ1v) is 8.96. The maximum Gasteiger partial charge on any atom is 0.276 e. The molecule has 4 rings (SSSR count). The number of carbonyl (C=O) groups is 1. The van der Waals surface area contributed by atoms with Crippen LogP contribution in [-0.2, 0) is 11.2 Å². The van der Waals surface area contributed by atoms with Crippen LogP contribution in [-0.4, -0.2) is 39.0 Å². The Kier molecular flexibility index (Phi) is 4.91. The largest absolute Gasteiger partial charge is 0.342 e. The number of hydrogen-bond acceptors (Lipinski definition) is 5. The van der Waals surface area contributed by atoms with Crippen LogP contribution in [0.5, 0.6) is 0 Å².